The maximum Gasteiger partial charge on any atom is 0.0295 e. The number of hydrogen-bond acceptors (Lipinski definition) is 4. The summed E-state index contributed by atoms with van der Waals surface area (Å²) in [7, 11) is 0. The number of aromatic nitrogens is 1. The second kappa shape index (κ2) is 7.29. The zero-order chi connectivity index (χ0) is 11.9. The first-order chi connectivity index (χ1) is 8.40. The van der Waals surface area contributed by atoms with E-state index >= 15 is 0 Å². The summed E-state index contributed by atoms with van der Waals surface area (Å²) in [5.74, 6) is 3.90. The van der Waals surface area contributed by atoms with Crippen LogP contribution in [0.1, 0.15) is 12.5 Å². The van der Waals surface area contributed by atoms with Crippen molar-refractivity contribution < 1.29 is 0 Å². The van der Waals surface area contributed by atoms with Crippen molar-refractivity contribution in [3.8, 4) is 0 Å². The number of nitrogens with zero attached hydrogens (tertiary/aromatic N) is 1. The lowest BCUT2D eigenvalue weighted by Crippen LogP contribution is -2.42. The van der Waals surface area contributed by atoms with Crippen LogP contribution in [-0.2, 0) is 6.42 Å². The Kier molecular flexibility index (Phi) is 5.68. The Balaban J connectivity index is 1.96. The molecule has 0 amide bonds. The summed E-state index contributed by atoms with van der Waals surface area (Å²) < 4.78 is 0. The molecule has 94 valence electrons. The largest absolute Gasteiger partial charge is 0.313 e. The molecule has 2 rings (SSSR count). The molecule has 0 aliphatic carbocycles. The standard InChI is InChI=1S/C13H20N2S2/c1-2-15-12(13-10-16-7-8-17-13)9-11-3-5-14-6-4-11/h3-6,12-13,15H,2,7-10H2,1H3. The van der Waals surface area contributed by atoms with Crippen LogP contribution in [0.25, 0.3) is 0 Å². The molecule has 1 aromatic rings. The highest BCUT2D eigenvalue weighted by Gasteiger charge is 2.23. The fourth-order valence-corrected chi connectivity index (χ4v) is 5.00. The minimum Gasteiger partial charge on any atom is -0.313 e. The predicted molar refractivity (Wildman–Crippen MR) is 79.0 cm³/mol. The van der Waals surface area contributed by atoms with Gasteiger partial charge in [0, 0.05) is 40.9 Å². The molecule has 0 aromatic carbocycles. The van der Waals surface area contributed by atoms with Gasteiger partial charge in [0.2, 0.25) is 0 Å². The van der Waals surface area contributed by atoms with E-state index in [4.69, 9.17) is 0 Å². The summed E-state index contributed by atoms with van der Waals surface area (Å²) in [6, 6.07) is 4.86. The average Bonchev–Trinajstić information content (AvgIpc) is 2.40. The summed E-state index contributed by atoms with van der Waals surface area (Å²) in [5.41, 5.74) is 1.39. The maximum atomic E-state index is 4.08. The number of likely N-dealkylation sites (N-methyl/N-ethyl adjacent to an activating group) is 1. The molecule has 2 heterocycles. The van der Waals surface area contributed by atoms with Gasteiger partial charge in [-0.05, 0) is 30.7 Å². The molecule has 2 atom stereocenters. The van der Waals surface area contributed by atoms with E-state index in [1.54, 1.807) is 0 Å². The van der Waals surface area contributed by atoms with Crippen molar-refractivity contribution in [2.75, 3.05) is 23.8 Å². The molecule has 0 saturated carbocycles. The molecule has 1 N–H and O–H groups in total. The fourth-order valence-electron chi connectivity index (χ4n) is 2.11. The van der Waals surface area contributed by atoms with Gasteiger partial charge >= 0.3 is 0 Å². The van der Waals surface area contributed by atoms with Crippen LogP contribution >= 0.6 is 23.5 Å². The van der Waals surface area contributed by atoms with Gasteiger partial charge in [-0.1, -0.05) is 6.92 Å². The van der Waals surface area contributed by atoms with E-state index in [2.05, 4.69) is 52.9 Å². The van der Waals surface area contributed by atoms with E-state index in [9.17, 15) is 0 Å². The Labute approximate surface area is 112 Å². The maximum absolute atomic E-state index is 4.08. The third-order valence-corrected chi connectivity index (χ3v) is 5.88. The average molecular weight is 268 g/mol. The highest BCUT2D eigenvalue weighted by molar-refractivity contribution is 8.06. The van der Waals surface area contributed by atoms with Gasteiger partial charge in [0.05, 0.1) is 0 Å². The summed E-state index contributed by atoms with van der Waals surface area (Å²) >= 11 is 4.23. The highest BCUT2D eigenvalue weighted by atomic mass is 32.2. The summed E-state index contributed by atoms with van der Waals surface area (Å²) in [4.78, 5) is 4.08. The number of rotatable bonds is 5. The Morgan fingerprint density at radius 2 is 2.24 bits per heavy atom. The molecule has 17 heavy (non-hydrogen) atoms. The predicted octanol–water partition coefficient (Wildman–Crippen LogP) is 2.45. The van der Waals surface area contributed by atoms with Crippen molar-refractivity contribution in [3.05, 3.63) is 30.1 Å². The molecule has 1 aliphatic heterocycles. The Hall–Kier alpha value is -0.190. The Morgan fingerprint density at radius 1 is 1.41 bits per heavy atom. The molecule has 1 fully saturated rings. The van der Waals surface area contributed by atoms with Crippen LogP contribution in [0.4, 0.5) is 0 Å². The normalized spacial score (nSPS) is 22.3. The minimum atomic E-state index is 0.597. The molecule has 0 spiro atoms. The molecular formula is C13H20N2S2. The lowest BCUT2D eigenvalue weighted by atomic mass is 10.0. The van der Waals surface area contributed by atoms with Crippen LogP contribution in [0.2, 0.25) is 0 Å². The summed E-state index contributed by atoms with van der Waals surface area (Å²) in [6.07, 6.45) is 4.90. The van der Waals surface area contributed by atoms with E-state index in [1.807, 2.05) is 12.4 Å². The van der Waals surface area contributed by atoms with Crippen molar-refractivity contribution in [1.29, 1.82) is 0 Å². The third-order valence-electron chi connectivity index (χ3n) is 2.96. The molecule has 0 radical (unpaired) electrons. The highest BCUT2D eigenvalue weighted by Crippen LogP contribution is 2.27. The van der Waals surface area contributed by atoms with Gasteiger partial charge in [0.1, 0.15) is 0 Å². The van der Waals surface area contributed by atoms with Gasteiger partial charge in [-0.15, -0.1) is 0 Å². The van der Waals surface area contributed by atoms with Gasteiger partial charge in [-0.2, -0.15) is 23.5 Å². The lowest BCUT2D eigenvalue weighted by molar-refractivity contribution is 0.522. The molecule has 0 bridgehead atoms. The smallest absolute Gasteiger partial charge is 0.0295 e. The van der Waals surface area contributed by atoms with E-state index in [0.717, 1.165) is 18.2 Å². The molecule has 1 saturated heterocycles. The molecule has 2 nitrogen and oxygen atoms in total. The van der Waals surface area contributed by atoms with Crippen LogP contribution < -0.4 is 5.32 Å². The number of pyridine rings is 1. The lowest BCUT2D eigenvalue weighted by Gasteiger charge is -2.30. The minimum absolute atomic E-state index is 0.597. The van der Waals surface area contributed by atoms with Crippen LogP contribution in [0, 0.1) is 0 Å². The van der Waals surface area contributed by atoms with Crippen LogP contribution in [0.15, 0.2) is 24.5 Å². The topological polar surface area (TPSA) is 24.9 Å². The van der Waals surface area contributed by atoms with Crippen LogP contribution in [0.3, 0.4) is 0 Å². The number of hydrogen-bond donors (Lipinski definition) is 1. The molecule has 2 unspecified atom stereocenters. The van der Waals surface area contributed by atoms with Crippen LogP contribution in [-0.4, -0.2) is 40.1 Å². The fraction of sp³-hybridized carbons (Fsp3) is 0.615. The first-order valence-electron chi connectivity index (χ1n) is 6.21. The van der Waals surface area contributed by atoms with Gasteiger partial charge in [0.15, 0.2) is 0 Å². The number of thioether (sulfide) groups is 2. The van der Waals surface area contributed by atoms with E-state index < -0.39 is 0 Å². The van der Waals surface area contributed by atoms with E-state index in [-0.39, 0.29) is 0 Å². The zero-order valence-corrected chi connectivity index (χ0v) is 11.9. The third kappa shape index (κ3) is 4.19. The Morgan fingerprint density at radius 3 is 2.88 bits per heavy atom. The van der Waals surface area contributed by atoms with Crippen molar-refractivity contribution >= 4 is 23.5 Å². The first kappa shape index (κ1) is 13.2. The molecule has 1 aromatic heterocycles. The first-order valence-corrected chi connectivity index (χ1v) is 8.42. The van der Waals surface area contributed by atoms with Crippen molar-refractivity contribution in [3.63, 3.8) is 0 Å². The van der Waals surface area contributed by atoms with E-state index in [1.165, 1.54) is 22.8 Å². The monoisotopic (exact) mass is 268 g/mol. The van der Waals surface area contributed by atoms with Crippen molar-refractivity contribution in [2.45, 2.75) is 24.6 Å². The van der Waals surface area contributed by atoms with E-state index in [0.29, 0.717) is 6.04 Å². The van der Waals surface area contributed by atoms with Crippen molar-refractivity contribution in [2.24, 2.45) is 0 Å². The molecular weight excluding hydrogens is 248 g/mol. The van der Waals surface area contributed by atoms with Crippen molar-refractivity contribution in [1.82, 2.24) is 10.3 Å². The molecule has 1 aliphatic rings. The zero-order valence-electron chi connectivity index (χ0n) is 10.3. The summed E-state index contributed by atoms with van der Waals surface area (Å²) in [6.45, 7) is 3.25. The van der Waals surface area contributed by atoms with Gasteiger partial charge in [0.25, 0.3) is 0 Å². The van der Waals surface area contributed by atoms with Gasteiger partial charge < -0.3 is 5.32 Å². The second-order valence-electron chi connectivity index (χ2n) is 4.21. The van der Waals surface area contributed by atoms with Crippen LogP contribution in [0.5, 0.6) is 0 Å². The second-order valence-corrected chi connectivity index (χ2v) is 6.70. The Bertz CT molecular complexity index is 312. The SMILES string of the molecule is CCNC(Cc1ccncc1)C1CSCCS1. The van der Waals surface area contributed by atoms with Gasteiger partial charge in [-0.3, -0.25) is 4.98 Å². The summed E-state index contributed by atoms with van der Waals surface area (Å²) in [5, 5.41) is 4.40. The quantitative estimate of drug-likeness (QED) is 0.887. The molecule has 4 heteroatoms. The van der Waals surface area contributed by atoms with Gasteiger partial charge in [-0.25, -0.2) is 0 Å². The number of nitrogens with one attached hydrogen (secondary N) is 1.